The van der Waals surface area contributed by atoms with Crippen molar-refractivity contribution in [2.24, 2.45) is 7.05 Å². The third-order valence-electron chi connectivity index (χ3n) is 5.64. The van der Waals surface area contributed by atoms with E-state index in [-0.39, 0.29) is 22.5 Å². The zero-order chi connectivity index (χ0) is 26.2. The van der Waals surface area contributed by atoms with Crippen LogP contribution in [0.3, 0.4) is 0 Å². The second-order valence-electron chi connectivity index (χ2n) is 8.74. The second kappa shape index (κ2) is 9.51. The summed E-state index contributed by atoms with van der Waals surface area (Å²) in [6.07, 6.45) is 9.15. The van der Waals surface area contributed by atoms with Crippen molar-refractivity contribution in [2.75, 3.05) is 4.72 Å². The quantitative estimate of drug-likeness (QED) is 0.295. The highest BCUT2D eigenvalue weighted by Gasteiger charge is 2.22. The first-order valence-electron chi connectivity index (χ1n) is 11.5. The Hall–Kier alpha value is -4.51. The van der Waals surface area contributed by atoms with E-state index >= 15 is 0 Å². The monoisotopic (exact) mass is 515 g/mol. The summed E-state index contributed by atoms with van der Waals surface area (Å²) in [6.45, 7) is 3.93. The fraction of sp³-hybridized carbons (Fsp3) is 0.154. The minimum atomic E-state index is -4.08. The lowest BCUT2D eigenvalue weighted by molar-refractivity contribution is 0.242. The van der Waals surface area contributed by atoms with Crippen LogP contribution in [-0.2, 0) is 17.1 Å². The zero-order valence-corrected chi connectivity index (χ0v) is 21.3. The van der Waals surface area contributed by atoms with Crippen LogP contribution in [0.1, 0.15) is 19.5 Å². The third kappa shape index (κ3) is 4.94. The normalized spacial score (nSPS) is 11.7. The summed E-state index contributed by atoms with van der Waals surface area (Å²) < 4.78 is 38.4. The first-order chi connectivity index (χ1) is 17.7. The van der Waals surface area contributed by atoms with Gasteiger partial charge in [-0.1, -0.05) is 12.1 Å². The van der Waals surface area contributed by atoms with E-state index in [0.717, 1.165) is 28.7 Å². The SMILES string of the molecule is CC(C)Oc1ccc(-c2ccc3ncc(S(=O)(=O)Nc4cc(-c5cnn(C)c5)cnc4C=N)n3c2)cc1. The van der Waals surface area contributed by atoms with Crippen molar-refractivity contribution in [3.63, 3.8) is 0 Å². The highest BCUT2D eigenvalue weighted by atomic mass is 32.2. The molecule has 188 valence electrons. The first kappa shape index (κ1) is 24.2. The molecule has 0 unspecified atom stereocenters. The van der Waals surface area contributed by atoms with E-state index in [4.69, 9.17) is 10.1 Å². The van der Waals surface area contributed by atoms with Crippen molar-refractivity contribution >= 4 is 27.6 Å². The molecule has 0 amide bonds. The van der Waals surface area contributed by atoms with Crippen molar-refractivity contribution in [2.45, 2.75) is 25.0 Å². The largest absolute Gasteiger partial charge is 0.491 e. The number of sulfonamides is 1. The molecule has 4 heterocycles. The molecule has 0 fully saturated rings. The third-order valence-corrected chi connectivity index (χ3v) is 6.99. The van der Waals surface area contributed by atoms with E-state index in [2.05, 4.69) is 19.8 Å². The van der Waals surface area contributed by atoms with E-state index < -0.39 is 10.0 Å². The molecule has 4 aromatic heterocycles. The number of rotatable bonds is 8. The Kier molecular flexibility index (Phi) is 6.22. The summed E-state index contributed by atoms with van der Waals surface area (Å²) >= 11 is 0. The van der Waals surface area contributed by atoms with Gasteiger partial charge in [-0.25, -0.2) is 4.98 Å². The Morgan fingerprint density at radius 3 is 2.38 bits per heavy atom. The topological polar surface area (TPSA) is 127 Å². The average Bonchev–Trinajstić information content (AvgIpc) is 3.50. The van der Waals surface area contributed by atoms with E-state index in [0.29, 0.717) is 11.2 Å². The Balaban J connectivity index is 1.50. The Morgan fingerprint density at radius 1 is 0.946 bits per heavy atom. The van der Waals surface area contributed by atoms with E-state index in [1.165, 1.54) is 10.6 Å². The molecule has 0 aliphatic rings. The Morgan fingerprint density at radius 2 is 1.70 bits per heavy atom. The van der Waals surface area contributed by atoms with Gasteiger partial charge in [-0.3, -0.25) is 18.8 Å². The fourth-order valence-electron chi connectivity index (χ4n) is 3.92. The van der Waals surface area contributed by atoms with E-state index in [1.54, 1.807) is 48.6 Å². The molecule has 1 aromatic carbocycles. The highest BCUT2D eigenvalue weighted by Crippen LogP contribution is 2.27. The van der Waals surface area contributed by atoms with Gasteiger partial charge in [0.25, 0.3) is 10.0 Å². The standard InChI is InChI=1S/C26H25N7O3S/c1-17(2)36-22-7-4-18(5-8-22)19-6-9-25-29-14-26(33(25)16-19)37(34,35)31-23-10-20(12-28-24(23)11-27)21-13-30-32(3)15-21/h4-17,27,31H,1-3H3. The van der Waals surface area contributed by atoms with Gasteiger partial charge in [-0.15, -0.1) is 0 Å². The van der Waals surface area contributed by atoms with Crippen LogP contribution in [-0.4, -0.2) is 44.9 Å². The molecule has 0 aliphatic heterocycles. The number of benzene rings is 1. The van der Waals surface area contributed by atoms with Gasteiger partial charge in [0.1, 0.15) is 17.1 Å². The number of imidazole rings is 1. The molecule has 0 aliphatic carbocycles. The number of nitrogens with zero attached hydrogens (tertiary/aromatic N) is 5. The summed E-state index contributed by atoms with van der Waals surface area (Å²) in [5, 5.41) is 11.8. The van der Waals surface area contributed by atoms with Gasteiger partial charge in [0.2, 0.25) is 0 Å². The van der Waals surface area contributed by atoms with Crippen LogP contribution >= 0.6 is 0 Å². The molecule has 37 heavy (non-hydrogen) atoms. The summed E-state index contributed by atoms with van der Waals surface area (Å²) in [5.74, 6) is 0.763. The molecule has 0 spiro atoms. The van der Waals surface area contributed by atoms with E-state index in [9.17, 15) is 8.42 Å². The Labute approximate surface area is 214 Å². The number of hydrogen-bond acceptors (Lipinski definition) is 7. The van der Waals surface area contributed by atoms with Crippen molar-refractivity contribution < 1.29 is 13.2 Å². The molecule has 5 aromatic rings. The van der Waals surface area contributed by atoms with Crippen molar-refractivity contribution in [1.82, 2.24) is 24.1 Å². The number of aryl methyl sites for hydroxylation is 1. The van der Waals surface area contributed by atoms with Gasteiger partial charge in [0.15, 0.2) is 5.03 Å². The van der Waals surface area contributed by atoms with E-state index in [1.807, 2.05) is 44.2 Å². The first-order valence-corrected chi connectivity index (χ1v) is 13.0. The number of pyridine rings is 2. The zero-order valence-electron chi connectivity index (χ0n) is 20.5. The van der Waals surface area contributed by atoms with Crippen LogP contribution in [0.4, 0.5) is 5.69 Å². The number of fused-ring (bicyclic) bond motifs is 1. The predicted molar refractivity (Wildman–Crippen MR) is 142 cm³/mol. The minimum absolute atomic E-state index is 0.0353. The maximum absolute atomic E-state index is 13.5. The van der Waals surface area contributed by atoms with Crippen LogP contribution < -0.4 is 9.46 Å². The maximum Gasteiger partial charge on any atom is 0.279 e. The smallest absolute Gasteiger partial charge is 0.279 e. The lowest BCUT2D eigenvalue weighted by Crippen LogP contribution is -2.16. The maximum atomic E-state index is 13.5. The lowest BCUT2D eigenvalue weighted by atomic mass is 10.1. The second-order valence-corrected chi connectivity index (χ2v) is 10.4. The lowest BCUT2D eigenvalue weighted by Gasteiger charge is -2.12. The van der Waals surface area contributed by atoms with Crippen molar-refractivity contribution in [3.05, 3.63) is 79.1 Å². The van der Waals surface area contributed by atoms with Gasteiger partial charge < -0.3 is 10.1 Å². The molecule has 0 bridgehead atoms. The van der Waals surface area contributed by atoms with Gasteiger partial charge in [-0.2, -0.15) is 13.5 Å². The van der Waals surface area contributed by atoms with Gasteiger partial charge in [0.05, 0.1) is 24.2 Å². The number of anilines is 1. The van der Waals surface area contributed by atoms with Crippen LogP contribution in [0.2, 0.25) is 0 Å². The molecule has 0 atom stereocenters. The summed E-state index contributed by atoms with van der Waals surface area (Å²) in [6, 6.07) is 12.9. The molecular weight excluding hydrogens is 490 g/mol. The number of nitrogens with one attached hydrogen (secondary N) is 2. The Bertz CT molecular complexity index is 1700. The molecule has 0 saturated carbocycles. The molecule has 10 nitrogen and oxygen atoms in total. The van der Waals surface area contributed by atoms with Gasteiger partial charge >= 0.3 is 0 Å². The van der Waals surface area contributed by atoms with Crippen LogP contribution in [0.25, 0.3) is 27.9 Å². The average molecular weight is 516 g/mol. The summed E-state index contributed by atoms with van der Waals surface area (Å²) in [4.78, 5) is 8.52. The highest BCUT2D eigenvalue weighted by molar-refractivity contribution is 7.92. The summed E-state index contributed by atoms with van der Waals surface area (Å²) in [5.41, 5.74) is 4.02. The van der Waals surface area contributed by atoms with Crippen molar-refractivity contribution in [1.29, 1.82) is 5.41 Å². The molecule has 5 rings (SSSR count). The number of ether oxygens (including phenoxy) is 1. The van der Waals surface area contributed by atoms with Gasteiger partial charge in [-0.05, 0) is 55.3 Å². The molecule has 2 N–H and O–H groups in total. The number of aromatic nitrogens is 5. The van der Waals surface area contributed by atoms with Gasteiger partial charge in [0, 0.05) is 43.0 Å². The fourth-order valence-corrected chi connectivity index (χ4v) is 5.08. The minimum Gasteiger partial charge on any atom is -0.491 e. The van der Waals surface area contributed by atoms with Crippen LogP contribution in [0.5, 0.6) is 5.75 Å². The predicted octanol–water partition coefficient (Wildman–Crippen LogP) is 4.38. The molecule has 0 saturated heterocycles. The number of hydrogen-bond donors (Lipinski definition) is 2. The molecule has 0 radical (unpaired) electrons. The summed E-state index contributed by atoms with van der Waals surface area (Å²) in [7, 11) is -2.28. The molecular formula is C26H25N7O3S. The van der Waals surface area contributed by atoms with Crippen LogP contribution in [0.15, 0.2) is 78.5 Å². The molecule has 11 heteroatoms. The van der Waals surface area contributed by atoms with Crippen LogP contribution in [0, 0.1) is 5.41 Å². The van der Waals surface area contributed by atoms with Crippen molar-refractivity contribution in [3.8, 4) is 28.0 Å².